The van der Waals surface area contributed by atoms with E-state index in [1.54, 1.807) is 4.90 Å². The number of likely N-dealkylation sites (tertiary alicyclic amines) is 1. The minimum Gasteiger partial charge on any atom is -0.337 e. The summed E-state index contributed by atoms with van der Waals surface area (Å²) in [6.45, 7) is 3.13. The summed E-state index contributed by atoms with van der Waals surface area (Å²) < 4.78 is 27.2. The quantitative estimate of drug-likeness (QED) is 0.908. The Morgan fingerprint density at radius 1 is 1.38 bits per heavy atom. The molecule has 4 rings (SSSR count). The van der Waals surface area contributed by atoms with Gasteiger partial charge in [-0.15, -0.1) is 0 Å². The zero-order valence-corrected chi connectivity index (χ0v) is 14.8. The van der Waals surface area contributed by atoms with Gasteiger partial charge in [-0.05, 0) is 36.8 Å². The van der Waals surface area contributed by atoms with Crippen molar-refractivity contribution < 1.29 is 13.6 Å². The highest BCUT2D eigenvalue weighted by molar-refractivity contribution is 5.94. The summed E-state index contributed by atoms with van der Waals surface area (Å²) in [5, 5.41) is 7.39. The third kappa shape index (κ3) is 2.79. The van der Waals surface area contributed by atoms with Gasteiger partial charge in [0.05, 0.1) is 5.56 Å². The third-order valence-electron chi connectivity index (χ3n) is 5.79. The van der Waals surface area contributed by atoms with Crippen LogP contribution in [0.1, 0.15) is 60.5 Å². The maximum Gasteiger partial charge on any atom is 0.256 e. The fraction of sp³-hybridized carbons (Fsp3) is 0.526. The Labute approximate surface area is 150 Å². The molecule has 1 aliphatic heterocycles. The second kappa shape index (κ2) is 6.45. The molecule has 0 bridgehead atoms. The first-order chi connectivity index (χ1) is 12.5. The molecular weight excluding hydrogens is 338 g/mol. The molecule has 1 atom stereocenters. The van der Waals surface area contributed by atoms with Crippen molar-refractivity contribution in [2.45, 2.75) is 44.9 Å². The molecule has 2 aromatic rings. The SMILES string of the molecule is CCCc1nc(C2CN(C(=O)c3ccc(F)cc3F)CC23CCC3)n[nH]1. The number of H-pyrrole nitrogens is 1. The van der Waals surface area contributed by atoms with Crippen molar-refractivity contribution in [3.05, 3.63) is 47.0 Å². The average Bonchev–Trinajstić information content (AvgIpc) is 3.18. The number of rotatable bonds is 4. The Bertz CT molecular complexity index is 831. The lowest BCUT2D eigenvalue weighted by molar-refractivity contribution is 0.0719. The van der Waals surface area contributed by atoms with E-state index in [2.05, 4.69) is 22.1 Å². The number of hydrogen-bond acceptors (Lipinski definition) is 3. The fourth-order valence-electron chi connectivity index (χ4n) is 4.26. The van der Waals surface area contributed by atoms with Crippen molar-refractivity contribution in [1.29, 1.82) is 0 Å². The molecular formula is C19H22F2N4O. The van der Waals surface area contributed by atoms with Crippen LogP contribution in [0.15, 0.2) is 18.2 Å². The third-order valence-corrected chi connectivity index (χ3v) is 5.79. The highest BCUT2D eigenvalue weighted by Gasteiger charge is 2.53. The second-order valence-corrected chi connectivity index (χ2v) is 7.47. The lowest BCUT2D eigenvalue weighted by Gasteiger charge is -2.41. The molecule has 1 saturated heterocycles. The molecule has 1 saturated carbocycles. The van der Waals surface area contributed by atoms with Crippen molar-refractivity contribution in [3.8, 4) is 0 Å². The van der Waals surface area contributed by atoms with Gasteiger partial charge in [0, 0.05) is 31.5 Å². The predicted octanol–water partition coefficient (Wildman–Crippen LogP) is 3.45. The summed E-state index contributed by atoms with van der Waals surface area (Å²) in [7, 11) is 0. The van der Waals surface area contributed by atoms with Crippen LogP contribution in [0.5, 0.6) is 0 Å². The van der Waals surface area contributed by atoms with Gasteiger partial charge in [0.2, 0.25) is 0 Å². The number of aromatic nitrogens is 3. The molecule has 1 aromatic carbocycles. The van der Waals surface area contributed by atoms with Gasteiger partial charge in [-0.2, -0.15) is 5.10 Å². The molecule has 5 nitrogen and oxygen atoms in total. The minimum atomic E-state index is -0.816. The molecule has 1 amide bonds. The van der Waals surface area contributed by atoms with Gasteiger partial charge >= 0.3 is 0 Å². The van der Waals surface area contributed by atoms with Gasteiger partial charge in [-0.3, -0.25) is 9.89 Å². The number of nitrogens with one attached hydrogen (secondary N) is 1. The number of aromatic amines is 1. The topological polar surface area (TPSA) is 61.9 Å². The molecule has 7 heteroatoms. The van der Waals surface area contributed by atoms with Gasteiger partial charge in [0.15, 0.2) is 5.82 Å². The molecule has 2 aliphatic rings. The largest absolute Gasteiger partial charge is 0.337 e. The number of carbonyl (C=O) groups excluding carboxylic acids is 1. The first kappa shape index (κ1) is 17.1. The summed E-state index contributed by atoms with van der Waals surface area (Å²) >= 11 is 0. The number of hydrogen-bond donors (Lipinski definition) is 1. The van der Waals surface area contributed by atoms with Crippen LogP contribution >= 0.6 is 0 Å². The van der Waals surface area contributed by atoms with E-state index in [9.17, 15) is 13.6 Å². The summed E-state index contributed by atoms with van der Waals surface area (Å²) in [6.07, 6.45) is 4.99. The van der Waals surface area contributed by atoms with Gasteiger partial charge in [-0.1, -0.05) is 13.3 Å². The summed E-state index contributed by atoms with van der Waals surface area (Å²) in [5.41, 5.74) is -0.0964. The van der Waals surface area contributed by atoms with E-state index in [1.807, 2.05) is 0 Å². The predicted molar refractivity (Wildman–Crippen MR) is 91.7 cm³/mol. The molecule has 138 valence electrons. The number of nitrogens with zero attached hydrogens (tertiary/aromatic N) is 3. The summed E-state index contributed by atoms with van der Waals surface area (Å²) in [4.78, 5) is 19.1. The molecule has 2 fully saturated rings. The Hall–Kier alpha value is -2.31. The van der Waals surface area contributed by atoms with Crippen molar-refractivity contribution in [2.75, 3.05) is 13.1 Å². The Morgan fingerprint density at radius 3 is 2.85 bits per heavy atom. The maximum atomic E-state index is 14.0. The van der Waals surface area contributed by atoms with Crippen LogP contribution in [0.2, 0.25) is 0 Å². The lowest BCUT2D eigenvalue weighted by Crippen LogP contribution is -2.38. The van der Waals surface area contributed by atoms with E-state index < -0.39 is 11.6 Å². The van der Waals surface area contributed by atoms with Crippen LogP contribution in [0, 0.1) is 17.0 Å². The zero-order valence-electron chi connectivity index (χ0n) is 14.8. The first-order valence-corrected chi connectivity index (χ1v) is 9.18. The van der Waals surface area contributed by atoms with Crippen LogP contribution in [0.4, 0.5) is 8.78 Å². The van der Waals surface area contributed by atoms with E-state index in [0.717, 1.165) is 55.9 Å². The van der Waals surface area contributed by atoms with Crippen LogP contribution < -0.4 is 0 Å². The highest BCUT2D eigenvalue weighted by atomic mass is 19.1. The van der Waals surface area contributed by atoms with Gasteiger partial charge in [-0.25, -0.2) is 13.8 Å². The van der Waals surface area contributed by atoms with Gasteiger partial charge < -0.3 is 4.90 Å². The molecule has 1 aromatic heterocycles. The van der Waals surface area contributed by atoms with E-state index in [1.165, 1.54) is 6.07 Å². The number of amides is 1. The molecule has 1 aliphatic carbocycles. The van der Waals surface area contributed by atoms with Crippen LogP contribution in [0.3, 0.4) is 0 Å². The summed E-state index contributed by atoms with van der Waals surface area (Å²) in [5.74, 6) is -0.206. The average molecular weight is 360 g/mol. The van der Waals surface area contributed by atoms with Crippen molar-refractivity contribution in [1.82, 2.24) is 20.1 Å². The summed E-state index contributed by atoms with van der Waals surface area (Å²) in [6, 6.07) is 3.10. The zero-order chi connectivity index (χ0) is 18.3. The highest BCUT2D eigenvalue weighted by Crippen LogP contribution is 2.55. The molecule has 26 heavy (non-hydrogen) atoms. The first-order valence-electron chi connectivity index (χ1n) is 9.18. The van der Waals surface area contributed by atoms with Gasteiger partial charge in [0.25, 0.3) is 5.91 Å². The number of benzene rings is 1. The van der Waals surface area contributed by atoms with E-state index >= 15 is 0 Å². The Kier molecular flexibility index (Phi) is 4.25. The maximum absolute atomic E-state index is 14.0. The second-order valence-electron chi connectivity index (χ2n) is 7.47. The number of carbonyl (C=O) groups is 1. The lowest BCUT2D eigenvalue weighted by atomic mass is 9.62. The van der Waals surface area contributed by atoms with Crippen molar-refractivity contribution in [3.63, 3.8) is 0 Å². The molecule has 1 N–H and O–H groups in total. The van der Waals surface area contributed by atoms with Crippen molar-refractivity contribution >= 4 is 5.91 Å². The normalized spacial score (nSPS) is 21.2. The number of halogens is 2. The van der Waals surface area contributed by atoms with Crippen LogP contribution in [-0.2, 0) is 6.42 Å². The Balaban J connectivity index is 1.59. The van der Waals surface area contributed by atoms with E-state index in [-0.39, 0.29) is 22.8 Å². The van der Waals surface area contributed by atoms with E-state index in [4.69, 9.17) is 0 Å². The molecule has 0 radical (unpaired) electrons. The monoisotopic (exact) mass is 360 g/mol. The van der Waals surface area contributed by atoms with E-state index in [0.29, 0.717) is 13.1 Å². The van der Waals surface area contributed by atoms with Gasteiger partial charge in [0.1, 0.15) is 17.5 Å². The Morgan fingerprint density at radius 2 is 2.19 bits per heavy atom. The minimum absolute atomic E-state index is 0.0160. The fourth-order valence-corrected chi connectivity index (χ4v) is 4.26. The van der Waals surface area contributed by atoms with Crippen LogP contribution in [-0.4, -0.2) is 39.1 Å². The molecule has 1 spiro atoms. The molecule has 1 unspecified atom stereocenters. The van der Waals surface area contributed by atoms with Crippen molar-refractivity contribution in [2.24, 2.45) is 5.41 Å². The molecule has 2 heterocycles. The van der Waals surface area contributed by atoms with Crippen LogP contribution in [0.25, 0.3) is 0 Å². The standard InChI is InChI=1S/C19H22F2N4O/c1-2-4-16-22-17(24-23-16)14-10-25(11-19(14)7-3-8-19)18(26)13-6-5-12(20)9-15(13)21/h5-6,9,14H,2-4,7-8,10-11H2,1H3,(H,22,23,24). The smallest absolute Gasteiger partial charge is 0.256 e. The number of aryl methyl sites for hydroxylation is 1.